The Morgan fingerprint density at radius 2 is 2.09 bits per heavy atom. The molecule has 0 radical (unpaired) electrons. The third-order valence-corrected chi connectivity index (χ3v) is 5.16. The zero-order valence-corrected chi connectivity index (χ0v) is 14.5. The molecule has 2 amide bonds. The number of aryl methyl sites for hydroxylation is 1. The van der Waals surface area contributed by atoms with Crippen LogP contribution in [0.5, 0.6) is 0 Å². The molecule has 0 unspecified atom stereocenters. The predicted octanol–water partition coefficient (Wildman–Crippen LogP) is 1.26. The maximum Gasteiger partial charge on any atom is 0.255 e. The predicted molar refractivity (Wildman–Crippen MR) is 92.6 cm³/mol. The second-order valence-corrected chi connectivity index (χ2v) is 6.82. The summed E-state index contributed by atoms with van der Waals surface area (Å²) in [6, 6.07) is 0. The van der Waals surface area contributed by atoms with Gasteiger partial charge in [0.2, 0.25) is 5.91 Å². The van der Waals surface area contributed by atoms with Crippen LogP contribution in [-0.4, -0.2) is 60.9 Å². The minimum atomic E-state index is -0.0629. The fourth-order valence-corrected chi connectivity index (χ4v) is 3.49. The second kappa shape index (κ2) is 8.14. The van der Waals surface area contributed by atoms with Gasteiger partial charge in [-0.05, 0) is 25.8 Å². The van der Waals surface area contributed by atoms with Crippen molar-refractivity contribution >= 4 is 23.2 Å². The van der Waals surface area contributed by atoms with Crippen molar-refractivity contribution in [2.24, 2.45) is 0 Å². The number of hydrogen-bond acceptors (Lipinski definition) is 4. The van der Waals surface area contributed by atoms with E-state index in [1.54, 1.807) is 11.3 Å². The molecule has 0 aromatic carbocycles. The lowest BCUT2D eigenvalue weighted by Crippen LogP contribution is -2.40. The first-order chi connectivity index (χ1) is 11.0. The minimum absolute atomic E-state index is 0.0629. The van der Waals surface area contributed by atoms with Crippen LogP contribution in [0.2, 0.25) is 0 Å². The van der Waals surface area contributed by atoms with Crippen molar-refractivity contribution in [2.45, 2.75) is 20.3 Å². The van der Waals surface area contributed by atoms with Crippen molar-refractivity contribution in [2.75, 3.05) is 39.3 Å². The Morgan fingerprint density at radius 1 is 1.30 bits per heavy atom. The molecule has 2 heterocycles. The summed E-state index contributed by atoms with van der Waals surface area (Å²) in [5.74, 6) is 2.43. The molecular weight excluding hydrogens is 310 g/mol. The van der Waals surface area contributed by atoms with Crippen LogP contribution < -0.4 is 5.32 Å². The van der Waals surface area contributed by atoms with Crippen LogP contribution in [0.1, 0.15) is 27.2 Å². The number of carbonyl (C=O) groups is 2. The summed E-state index contributed by atoms with van der Waals surface area (Å²) in [6.45, 7) is 7.53. The number of rotatable bonds is 4. The van der Waals surface area contributed by atoms with Crippen LogP contribution in [0.15, 0.2) is 5.38 Å². The molecule has 2 rings (SSSR count). The van der Waals surface area contributed by atoms with Crippen molar-refractivity contribution < 1.29 is 9.59 Å². The zero-order valence-electron chi connectivity index (χ0n) is 13.7. The number of terminal acetylenes is 1. The van der Waals surface area contributed by atoms with E-state index in [1.807, 2.05) is 24.1 Å². The molecule has 1 N–H and O–H groups in total. The quantitative estimate of drug-likeness (QED) is 0.844. The molecule has 5 nitrogen and oxygen atoms in total. The van der Waals surface area contributed by atoms with Crippen LogP contribution in [0, 0.1) is 26.2 Å². The first-order valence-corrected chi connectivity index (χ1v) is 8.67. The SMILES string of the molecule is C#CCNC(=O)CN1CCCN(C(=O)c2csc(C)c2C)CC1. The van der Waals surface area contributed by atoms with Crippen LogP contribution in [0.3, 0.4) is 0 Å². The zero-order chi connectivity index (χ0) is 16.8. The van der Waals surface area contributed by atoms with Gasteiger partial charge in [-0.25, -0.2) is 0 Å². The topological polar surface area (TPSA) is 52.7 Å². The number of nitrogens with zero attached hydrogens (tertiary/aromatic N) is 2. The highest BCUT2D eigenvalue weighted by molar-refractivity contribution is 7.10. The average molecular weight is 333 g/mol. The summed E-state index contributed by atoms with van der Waals surface area (Å²) in [7, 11) is 0. The molecule has 0 saturated carbocycles. The molecular formula is C17H23N3O2S. The van der Waals surface area contributed by atoms with Crippen molar-refractivity contribution in [1.29, 1.82) is 0 Å². The highest BCUT2D eigenvalue weighted by atomic mass is 32.1. The average Bonchev–Trinajstić information content (AvgIpc) is 2.74. The van der Waals surface area contributed by atoms with Gasteiger partial charge in [0.25, 0.3) is 5.91 Å². The number of nitrogens with one attached hydrogen (secondary N) is 1. The lowest BCUT2D eigenvalue weighted by Gasteiger charge is -2.21. The van der Waals surface area contributed by atoms with Gasteiger partial charge in [-0.3, -0.25) is 14.5 Å². The maximum atomic E-state index is 12.7. The van der Waals surface area contributed by atoms with Gasteiger partial charge in [0.15, 0.2) is 0 Å². The summed E-state index contributed by atoms with van der Waals surface area (Å²) < 4.78 is 0. The molecule has 0 aliphatic carbocycles. The normalized spacial score (nSPS) is 15.8. The molecule has 1 fully saturated rings. The summed E-state index contributed by atoms with van der Waals surface area (Å²) in [6.07, 6.45) is 6.01. The Bertz CT molecular complexity index is 618. The number of amides is 2. The molecule has 1 aromatic heterocycles. The number of hydrogen-bond donors (Lipinski definition) is 1. The minimum Gasteiger partial charge on any atom is -0.344 e. The Hall–Kier alpha value is -1.84. The summed E-state index contributed by atoms with van der Waals surface area (Å²) in [4.78, 5) is 29.6. The lowest BCUT2D eigenvalue weighted by molar-refractivity contribution is -0.121. The van der Waals surface area contributed by atoms with Crippen LogP contribution in [-0.2, 0) is 4.79 Å². The molecule has 1 saturated heterocycles. The van der Waals surface area contributed by atoms with Crippen LogP contribution in [0.25, 0.3) is 0 Å². The van der Waals surface area contributed by atoms with Gasteiger partial charge in [0.05, 0.1) is 18.7 Å². The molecule has 1 aliphatic heterocycles. The maximum absolute atomic E-state index is 12.7. The van der Waals surface area contributed by atoms with Crippen molar-refractivity contribution in [3.8, 4) is 12.3 Å². The Kier molecular flexibility index (Phi) is 6.20. The molecule has 0 spiro atoms. The highest BCUT2D eigenvalue weighted by Gasteiger charge is 2.23. The fraction of sp³-hybridized carbons (Fsp3) is 0.529. The molecule has 6 heteroatoms. The van der Waals surface area contributed by atoms with E-state index in [1.165, 1.54) is 4.88 Å². The monoisotopic (exact) mass is 333 g/mol. The smallest absolute Gasteiger partial charge is 0.255 e. The number of thiophene rings is 1. The van der Waals surface area contributed by atoms with E-state index in [0.717, 1.165) is 30.6 Å². The summed E-state index contributed by atoms with van der Waals surface area (Å²) in [5, 5.41) is 4.62. The van der Waals surface area contributed by atoms with Gasteiger partial charge in [-0.2, -0.15) is 0 Å². The fourth-order valence-electron chi connectivity index (χ4n) is 2.64. The highest BCUT2D eigenvalue weighted by Crippen LogP contribution is 2.22. The molecule has 1 aromatic rings. The van der Waals surface area contributed by atoms with E-state index in [4.69, 9.17) is 6.42 Å². The van der Waals surface area contributed by atoms with E-state index in [-0.39, 0.29) is 18.4 Å². The van der Waals surface area contributed by atoms with Gasteiger partial charge in [-0.15, -0.1) is 17.8 Å². The molecule has 0 bridgehead atoms. The van der Waals surface area contributed by atoms with Gasteiger partial charge in [-0.1, -0.05) is 5.92 Å². The van der Waals surface area contributed by atoms with E-state index < -0.39 is 0 Å². The van der Waals surface area contributed by atoms with E-state index in [9.17, 15) is 9.59 Å². The lowest BCUT2D eigenvalue weighted by atomic mass is 10.1. The molecule has 23 heavy (non-hydrogen) atoms. The standard InChI is InChI=1S/C17H23N3O2S/c1-4-6-18-16(21)11-19-7-5-8-20(10-9-19)17(22)15-12-23-14(3)13(15)2/h1,12H,5-11H2,2-3H3,(H,18,21). The Balaban J connectivity index is 1.91. The van der Waals surface area contributed by atoms with Gasteiger partial charge >= 0.3 is 0 Å². The molecule has 0 atom stereocenters. The van der Waals surface area contributed by atoms with E-state index >= 15 is 0 Å². The Morgan fingerprint density at radius 3 is 2.74 bits per heavy atom. The Labute approximate surface area is 141 Å². The third-order valence-electron chi connectivity index (χ3n) is 4.15. The van der Waals surface area contributed by atoms with Gasteiger partial charge in [0, 0.05) is 36.4 Å². The van der Waals surface area contributed by atoms with Gasteiger partial charge in [0.1, 0.15) is 0 Å². The molecule has 1 aliphatic rings. The van der Waals surface area contributed by atoms with E-state index in [0.29, 0.717) is 19.6 Å². The van der Waals surface area contributed by atoms with Crippen molar-refractivity contribution in [1.82, 2.24) is 15.1 Å². The summed E-state index contributed by atoms with van der Waals surface area (Å²) >= 11 is 1.62. The van der Waals surface area contributed by atoms with E-state index in [2.05, 4.69) is 16.1 Å². The third kappa shape index (κ3) is 4.57. The molecule has 124 valence electrons. The van der Waals surface area contributed by atoms with Crippen molar-refractivity contribution in [3.05, 3.63) is 21.4 Å². The first kappa shape index (κ1) is 17.5. The number of carbonyl (C=O) groups excluding carboxylic acids is 2. The second-order valence-electron chi connectivity index (χ2n) is 5.73. The van der Waals surface area contributed by atoms with Gasteiger partial charge < -0.3 is 10.2 Å². The van der Waals surface area contributed by atoms with Crippen LogP contribution in [0.4, 0.5) is 0 Å². The largest absolute Gasteiger partial charge is 0.344 e. The van der Waals surface area contributed by atoms with Crippen molar-refractivity contribution in [3.63, 3.8) is 0 Å². The summed E-state index contributed by atoms with van der Waals surface area (Å²) in [5.41, 5.74) is 1.89. The first-order valence-electron chi connectivity index (χ1n) is 7.79. The van der Waals surface area contributed by atoms with Crippen LogP contribution >= 0.6 is 11.3 Å².